The third-order valence-electron chi connectivity index (χ3n) is 4.41. The zero-order valence-electron chi connectivity index (χ0n) is 14.4. The maximum absolute atomic E-state index is 12.2. The summed E-state index contributed by atoms with van der Waals surface area (Å²) in [6.45, 7) is 6.22. The number of carbonyl (C=O) groups excluding carboxylic acids is 2. The maximum atomic E-state index is 12.2. The van der Waals surface area contributed by atoms with E-state index < -0.39 is 0 Å². The zero-order chi connectivity index (χ0) is 16.8. The number of carbonyl (C=O) groups is 2. The minimum atomic E-state index is -0.0901. The highest BCUT2D eigenvalue weighted by Gasteiger charge is 2.19. The first-order valence-electron chi connectivity index (χ1n) is 8.30. The van der Waals surface area contributed by atoms with Crippen molar-refractivity contribution in [1.82, 2.24) is 9.80 Å². The third-order valence-corrected chi connectivity index (χ3v) is 4.41. The Morgan fingerprint density at radius 1 is 1.13 bits per heavy atom. The SMILES string of the molecule is Cc1cccc(NC(=O)CN(C)CC(=O)N2CCCCC2)c1C. The molecule has 1 aliphatic rings. The number of aryl methyl sites for hydroxylation is 1. The molecular weight excluding hydrogens is 290 g/mol. The lowest BCUT2D eigenvalue weighted by Gasteiger charge is -2.28. The van der Waals surface area contributed by atoms with E-state index in [1.807, 2.05) is 44.0 Å². The summed E-state index contributed by atoms with van der Waals surface area (Å²) in [7, 11) is 1.81. The molecule has 0 aliphatic carbocycles. The van der Waals surface area contributed by atoms with Gasteiger partial charge in [0, 0.05) is 18.8 Å². The van der Waals surface area contributed by atoms with Crippen LogP contribution in [-0.4, -0.2) is 54.8 Å². The molecule has 1 aliphatic heterocycles. The van der Waals surface area contributed by atoms with E-state index in [0.29, 0.717) is 6.54 Å². The second-order valence-corrected chi connectivity index (χ2v) is 6.41. The zero-order valence-corrected chi connectivity index (χ0v) is 14.4. The molecule has 5 heteroatoms. The van der Waals surface area contributed by atoms with Crippen LogP contribution in [0, 0.1) is 13.8 Å². The van der Waals surface area contributed by atoms with Gasteiger partial charge >= 0.3 is 0 Å². The maximum Gasteiger partial charge on any atom is 0.238 e. The molecule has 1 saturated heterocycles. The molecule has 1 aromatic carbocycles. The Bertz CT molecular complexity index is 565. The van der Waals surface area contributed by atoms with Crippen molar-refractivity contribution in [3.05, 3.63) is 29.3 Å². The number of amides is 2. The summed E-state index contributed by atoms with van der Waals surface area (Å²) in [6.07, 6.45) is 3.38. The number of hydrogen-bond donors (Lipinski definition) is 1. The number of nitrogens with zero attached hydrogens (tertiary/aromatic N) is 2. The summed E-state index contributed by atoms with van der Waals surface area (Å²) in [6, 6.07) is 5.86. The molecule has 0 aromatic heterocycles. The molecule has 23 heavy (non-hydrogen) atoms. The number of rotatable bonds is 5. The summed E-state index contributed by atoms with van der Waals surface area (Å²) >= 11 is 0. The number of piperidine rings is 1. The second kappa shape index (κ2) is 8.11. The summed E-state index contributed by atoms with van der Waals surface area (Å²) in [5.74, 6) is 0.0272. The largest absolute Gasteiger partial charge is 0.342 e. The Morgan fingerprint density at radius 2 is 1.83 bits per heavy atom. The van der Waals surface area contributed by atoms with Gasteiger partial charge in [-0.05, 0) is 57.4 Å². The van der Waals surface area contributed by atoms with Gasteiger partial charge in [-0.25, -0.2) is 0 Å². The first-order chi connectivity index (χ1) is 11.0. The van der Waals surface area contributed by atoms with Crippen LogP contribution in [0.5, 0.6) is 0 Å². The molecule has 0 radical (unpaired) electrons. The van der Waals surface area contributed by atoms with Gasteiger partial charge in [0.05, 0.1) is 13.1 Å². The van der Waals surface area contributed by atoms with Crippen LogP contribution in [0.1, 0.15) is 30.4 Å². The molecule has 126 valence electrons. The molecular formula is C18H27N3O2. The highest BCUT2D eigenvalue weighted by Crippen LogP contribution is 2.17. The van der Waals surface area contributed by atoms with Gasteiger partial charge in [-0.2, -0.15) is 0 Å². The Hall–Kier alpha value is -1.88. The fourth-order valence-electron chi connectivity index (χ4n) is 2.85. The molecule has 2 amide bonds. The van der Waals surface area contributed by atoms with Crippen molar-refractivity contribution >= 4 is 17.5 Å². The van der Waals surface area contributed by atoms with Crippen LogP contribution in [0.25, 0.3) is 0 Å². The molecule has 0 atom stereocenters. The lowest BCUT2D eigenvalue weighted by atomic mass is 10.1. The molecule has 0 bridgehead atoms. The lowest BCUT2D eigenvalue weighted by Crippen LogP contribution is -2.43. The van der Waals surface area contributed by atoms with E-state index in [-0.39, 0.29) is 18.4 Å². The predicted molar refractivity (Wildman–Crippen MR) is 92.5 cm³/mol. The normalized spacial score (nSPS) is 14.9. The number of benzene rings is 1. The van der Waals surface area contributed by atoms with Crippen molar-refractivity contribution in [2.24, 2.45) is 0 Å². The summed E-state index contributed by atoms with van der Waals surface area (Å²) in [4.78, 5) is 28.0. The van der Waals surface area contributed by atoms with Crippen molar-refractivity contribution in [3.8, 4) is 0 Å². The monoisotopic (exact) mass is 317 g/mol. The topological polar surface area (TPSA) is 52.7 Å². The molecule has 1 heterocycles. The molecule has 5 nitrogen and oxygen atoms in total. The highest BCUT2D eigenvalue weighted by atomic mass is 16.2. The van der Waals surface area contributed by atoms with Crippen LogP contribution in [0.4, 0.5) is 5.69 Å². The Morgan fingerprint density at radius 3 is 2.52 bits per heavy atom. The van der Waals surface area contributed by atoms with E-state index in [0.717, 1.165) is 42.7 Å². The first-order valence-corrected chi connectivity index (χ1v) is 8.30. The van der Waals surface area contributed by atoms with E-state index in [2.05, 4.69) is 5.32 Å². The van der Waals surface area contributed by atoms with Gasteiger partial charge in [0.15, 0.2) is 0 Å². The van der Waals surface area contributed by atoms with E-state index in [1.54, 1.807) is 4.90 Å². The summed E-state index contributed by atoms with van der Waals surface area (Å²) in [5.41, 5.74) is 3.06. The van der Waals surface area contributed by atoms with Crippen molar-refractivity contribution in [3.63, 3.8) is 0 Å². The fraction of sp³-hybridized carbons (Fsp3) is 0.556. The van der Waals surface area contributed by atoms with Crippen LogP contribution in [0.3, 0.4) is 0 Å². The van der Waals surface area contributed by atoms with Crippen molar-refractivity contribution in [2.75, 3.05) is 38.5 Å². The van der Waals surface area contributed by atoms with Crippen LogP contribution in [0.15, 0.2) is 18.2 Å². The number of anilines is 1. The standard InChI is InChI=1S/C18H27N3O2/c1-14-8-7-9-16(15(14)2)19-17(22)12-20(3)13-18(23)21-10-5-4-6-11-21/h7-9H,4-6,10-13H2,1-3H3,(H,19,22). The van der Waals surface area contributed by atoms with Crippen LogP contribution >= 0.6 is 0 Å². The van der Waals surface area contributed by atoms with Gasteiger partial charge in [-0.15, -0.1) is 0 Å². The lowest BCUT2D eigenvalue weighted by molar-refractivity contribution is -0.133. The number of likely N-dealkylation sites (tertiary alicyclic amines) is 1. The molecule has 1 N–H and O–H groups in total. The number of nitrogens with one attached hydrogen (secondary N) is 1. The smallest absolute Gasteiger partial charge is 0.238 e. The van der Waals surface area contributed by atoms with E-state index in [1.165, 1.54) is 6.42 Å². The van der Waals surface area contributed by atoms with Crippen molar-refractivity contribution in [2.45, 2.75) is 33.1 Å². The first kappa shape index (κ1) is 17.5. The number of hydrogen-bond acceptors (Lipinski definition) is 3. The molecule has 1 fully saturated rings. The number of likely N-dealkylation sites (N-methyl/N-ethyl adjacent to an activating group) is 1. The average Bonchev–Trinajstić information content (AvgIpc) is 2.52. The van der Waals surface area contributed by atoms with E-state index >= 15 is 0 Å². The Balaban J connectivity index is 1.82. The van der Waals surface area contributed by atoms with E-state index in [4.69, 9.17) is 0 Å². The average molecular weight is 317 g/mol. The Kier molecular flexibility index (Phi) is 6.16. The van der Waals surface area contributed by atoms with Gasteiger partial charge in [0.1, 0.15) is 0 Å². The van der Waals surface area contributed by atoms with Gasteiger partial charge in [0.25, 0.3) is 0 Å². The van der Waals surface area contributed by atoms with Gasteiger partial charge < -0.3 is 10.2 Å². The summed E-state index contributed by atoms with van der Waals surface area (Å²) < 4.78 is 0. The van der Waals surface area contributed by atoms with Gasteiger partial charge in [0.2, 0.25) is 11.8 Å². The Labute approximate surface area is 138 Å². The van der Waals surface area contributed by atoms with Crippen molar-refractivity contribution < 1.29 is 9.59 Å². The second-order valence-electron chi connectivity index (χ2n) is 6.41. The molecule has 2 rings (SSSR count). The third kappa shape index (κ3) is 5.06. The minimum Gasteiger partial charge on any atom is -0.342 e. The molecule has 1 aromatic rings. The quantitative estimate of drug-likeness (QED) is 0.906. The van der Waals surface area contributed by atoms with E-state index in [9.17, 15) is 9.59 Å². The highest BCUT2D eigenvalue weighted by molar-refractivity contribution is 5.93. The molecule has 0 saturated carbocycles. The molecule has 0 unspecified atom stereocenters. The van der Waals surface area contributed by atoms with Gasteiger partial charge in [-0.3, -0.25) is 14.5 Å². The van der Waals surface area contributed by atoms with Crippen LogP contribution in [-0.2, 0) is 9.59 Å². The van der Waals surface area contributed by atoms with Gasteiger partial charge in [-0.1, -0.05) is 12.1 Å². The minimum absolute atomic E-state index is 0.0901. The van der Waals surface area contributed by atoms with Crippen LogP contribution in [0.2, 0.25) is 0 Å². The summed E-state index contributed by atoms with van der Waals surface area (Å²) in [5, 5.41) is 2.93. The molecule has 0 spiro atoms. The predicted octanol–water partition coefficient (Wildman–Crippen LogP) is 2.19. The van der Waals surface area contributed by atoms with Crippen LogP contribution < -0.4 is 5.32 Å². The fourth-order valence-corrected chi connectivity index (χ4v) is 2.85. The van der Waals surface area contributed by atoms with Crippen molar-refractivity contribution in [1.29, 1.82) is 0 Å².